The number of nitrogens with zero attached hydrogens (tertiary/aromatic N) is 3. The van der Waals surface area contributed by atoms with Crippen molar-refractivity contribution in [3.05, 3.63) is 11.9 Å². The van der Waals surface area contributed by atoms with Crippen molar-refractivity contribution in [2.75, 3.05) is 31.7 Å². The third-order valence-corrected chi connectivity index (χ3v) is 4.89. The molecule has 2 aliphatic heterocycles. The third-order valence-electron chi connectivity index (χ3n) is 4.89. The van der Waals surface area contributed by atoms with Gasteiger partial charge in [0.2, 0.25) is 0 Å². The molecule has 2 aliphatic rings. The lowest BCUT2D eigenvalue weighted by Gasteiger charge is -2.38. The van der Waals surface area contributed by atoms with Gasteiger partial charge < -0.3 is 19.7 Å². The highest BCUT2D eigenvalue weighted by Gasteiger charge is 2.36. The maximum absolute atomic E-state index is 12.8. The average molecular weight is 336 g/mol. The number of anilines is 1. The molecule has 0 saturated carbocycles. The van der Waals surface area contributed by atoms with Crippen LogP contribution in [0.4, 0.5) is 10.5 Å². The van der Waals surface area contributed by atoms with Crippen molar-refractivity contribution in [1.82, 2.24) is 14.7 Å². The molecule has 2 atom stereocenters. The molecule has 7 heteroatoms. The molecular formula is C17H28N4O3. The summed E-state index contributed by atoms with van der Waals surface area (Å²) in [5, 5.41) is 7.40. The molecule has 3 rings (SSSR count). The van der Waals surface area contributed by atoms with E-state index >= 15 is 0 Å². The summed E-state index contributed by atoms with van der Waals surface area (Å²) in [4.78, 5) is 14.6. The van der Waals surface area contributed by atoms with E-state index in [0.717, 1.165) is 50.2 Å². The molecule has 7 nitrogen and oxygen atoms in total. The standard InChI is InChI=1S/C17H28N4O3/c1-3-4-7-21-13(2)14(11-18-21)19-17(22)20-8-10-23-12-15(20)16-6-5-9-24-16/h11,15-16H,3-10,12H2,1-2H3,(H,19,22). The lowest BCUT2D eigenvalue weighted by Crippen LogP contribution is -2.55. The van der Waals surface area contributed by atoms with Crippen LogP contribution in [0.15, 0.2) is 6.20 Å². The molecule has 2 saturated heterocycles. The first-order chi connectivity index (χ1) is 11.7. The Morgan fingerprint density at radius 1 is 1.46 bits per heavy atom. The average Bonchev–Trinajstić information content (AvgIpc) is 3.24. The molecule has 24 heavy (non-hydrogen) atoms. The summed E-state index contributed by atoms with van der Waals surface area (Å²) in [5.74, 6) is 0. The van der Waals surface area contributed by atoms with Gasteiger partial charge in [-0.25, -0.2) is 4.79 Å². The van der Waals surface area contributed by atoms with E-state index in [1.165, 1.54) is 0 Å². The van der Waals surface area contributed by atoms with Crippen LogP contribution in [-0.4, -0.2) is 59.2 Å². The van der Waals surface area contributed by atoms with Crippen LogP contribution in [0.3, 0.4) is 0 Å². The minimum absolute atomic E-state index is 0.00306. The molecule has 1 aromatic rings. The zero-order chi connectivity index (χ0) is 16.9. The number of carbonyl (C=O) groups is 1. The number of nitrogens with one attached hydrogen (secondary N) is 1. The number of carbonyl (C=O) groups excluding carboxylic acids is 1. The van der Waals surface area contributed by atoms with E-state index in [2.05, 4.69) is 17.3 Å². The van der Waals surface area contributed by atoms with Gasteiger partial charge in [0, 0.05) is 19.7 Å². The van der Waals surface area contributed by atoms with Gasteiger partial charge in [0.05, 0.1) is 42.9 Å². The number of rotatable bonds is 5. The summed E-state index contributed by atoms with van der Waals surface area (Å²) < 4.78 is 13.3. The van der Waals surface area contributed by atoms with Gasteiger partial charge in [0.1, 0.15) is 0 Å². The summed E-state index contributed by atoms with van der Waals surface area (Å²) in [5.41, 5.74) is 1.78. The topological polar surface area (TPSA) is 68.6 Å². The summed E-state index contributed by atoms with van der Waals surface area (Å²) >= 11 is 0. The summed E-state index contributed by atoms with van der Waals surface area (Å²) in [6, 6.07) is -0.0892. The summed E-state index contributed by atoms with van der Waals surface area (Å²) in [6.45, 7) is 7.53. The fraction of sp³-hybridized carbons (Fsp3) is 0.765. The second-order valence-electron chi connectivity index (χ2n) is 6.54. The quantitative estimate of drug-likeness (QED) is 0.896. The van der Waals surface area contributed by atoms with Crippen LogP contribution in [0.2, 0.25) is 0 Å². The molecule has 0 bridgehead atoms. The number of hydrogen-bond acceptors (Lipinski definition) is 4. The fourth-order valence-electron chi connectivity index (χ4n) is 3.38. The smallest absolute Gasteiger partial charge is 0.322 e. The van der Waals surface area contributed by atoms with Crippen LogP contribution in [0.25, 0.3) is 0 Å². The zero-order valence-corrected chi connectivity index (χ0v) is 14.7. The Hall–Kier alpha value is -1.60. The first-order valence-corrected chi connectivity index (χ1v) is 9.00. The van der Waals surface area contributed by atoms with Crippen LogP contribution < -0.4 is 5.32 Å². The normalized spacial score (nSPS) is 24.3. The van der Waals surface area contributed by atoms with Gasteiger partial charge in [-0.3, -0.25) is 4.68 Å². The molecule has 2 fully saturated rings. The van der Waals surface area contributed by atoms with Crippen LogP contribution in [0.1, 0.15) is 38.3 Å². The molecule has 0 spiro atoms. The molecule has 1 aromatic heterocycles. The van der Waals surface area contributed by atoms with Gasteiger partial charge in [-0.15, -0.1) is 0 Å². The Labute approximate surface area is 143 Å². The number of amides is 2. The van der Waals surface area contributed by atoms with Crippen molar-refractivity contribution in [3.63, 3.8) is 0 Å². The highest BCUT2D eigenvalue weighted by molar-refractivity contribution is 5.90. The second-order valence-corrected chi connectivity index (χ2v) is 6.54. The van der Waals surface area contributed by atoms with Gasteiger partial charge in [-0.05, 0) is 26.2 Å². The van der Waals surface area contributed by atoms with E-state index < -0.39 is 0 Å². The lowest BCUT2D eigenvalue weighted by atomic mass is 10.1. The number of morpholine rings is 1. The Kier molecular flexibility index (Phi) is 5.73. The molecule has 2 amide bonds. The van der Waals surface area contributed by atoms with E-state index in [0.29, 0.717) is 19.8 Å². The van der Waals surface area contributed by atoms with Gasteiger partial charge in [-0.2, -0.15) is 5.10 Å². The summed E-state index contributed by atoms with van der Waals surface area (Å²) in [6.07, 6.45) is 6.08. The fourth-order valence-corrected chi connectivity index (χ4v) is 3.38. The van der Waals surface area contributed by atoms with Gasteiger partial charge in [0.15, 0.2) is 0 Å². The largest absolute Gasteiger partial charge is 0.377 e. The third kappa shape index (κ3) is 3.72. The number of unbranched alkanes of at least 4 members (excludes halogenated alkanes) is 1. The minimum atomic E-state index is -0.0862. The Balaban J connectivity index is 1.65. The van der Waals surface area contributed by atoms with E-state index in [1.54, 1.807) is 6.20 Å². The van der Waals surface area contributed by atoms with Crippen LogP contribution in [0.5, 0.6) is 0 Å². The molecule has 2 unspecified atom stereocenters. The predicted octanol–water partition coefficient (Wildman–Crippen LogP) is 2.40. The van der Waals surface area contributed by atoms with Crippen LogP contribution in [0, 0.1) is 6.92 Å². The van der Waals surface area contributed by atoms with Crippen LogP contribution >= 0.6 is 0 Å². The highest BCUT2D eigenvalue weighted by Crippen LogP contribution is 2.23. The monoisotopic (exact) mass is 336 g/mol. The van der Waals surface area contributed by atoms with E-state index in [4.69, 9.17) is 9.47 Å². The van der Waals surface area contributed by atoms with Gasteiger partial charge in [0.25, 0.3) is 0 Å². The maximum atomic E-state index is 12.8. The molecule has 3 heterocycles. The van der Waals surface area contributed by atoms with E-state index in [9.17, 15) is 4.79 Å². The van der Waals surface area contributed by atoms with Crippen molar-refractivity contribution in [3.8, 4) is 0 Å². The van der Waals surface area contributed by atoms with Crippen molar-refractivity contribution in [1.29, 1.82) is 0 Å². The minimum Gasteiger partial charge on any atom is -0.377 e. The van der Waals surface area contributed by atoms with E-state index in [1.807, 2.05) is 16.5 Å². The zero-order valence-electron chi connectivity index (χ0n) is 14.7. The van der Waals surface area contributed by atoms with Crippen molar-refractivity contribution < 1.29 is 14.3 Å². The number of urea groups is 1. The maximum Gasteiger partial charge on any atom is 0.322 e. The van der Waals surface area contributed by atoms with Gasteiger partial charge >= 0.3 is 6.03 Å². The predicted molar refractivity (Wildman–Crippen MR) is 91.2 cm³/mol. The Bertz CT molecular complexity index is 554. The van der Waals surface area contributed by atoms with Crippen LogP contribution in [-0.2, 0) is 16.0 Å². The first kappa shape index (κ1) is 17.2. The first-order valence-electron chi connectivity index (χ1n) is 9.00. The lowest BCUT2D eigenvalue weighted by molar-refractivity contribution is -0.0452. The molecule has 0 aliphatic carbocycles. The molecule has 134 valence electrons. The number of aryl methyl sites for hydroxylation is 1. The number of hydrogen-bond donors (Lipinski definition) is 1. The highest BCUT2D eigenvalue weighted by atomic mass is 16.5. The molecular weight excluding hydrogens is 308 g/mol. The van der Waals surface area contributed by atoms with Crippen molar-refractivity contribution >= 4 is 11.7 Å². The summed E-state index contributed by atoms with van der Waals surface area (Å²) in [7, 11) is 0. The SMILES string of the molecule is CCCCn1ncc(NC(=O)N2CCOCC2C2CCCO2)c1C. The second kappa shape index (κ2) is 7.98. The molecule has 0 radical (unpaired) electrons. The van der Waals surface area contributed by atoms with Crippen molar-refractivity contribution in [2.24, 2.45) is 0 Å². The van der Waals surface area contributed by atoms with E-state index in [-0.39, 0.29) is 18.2 Å². The number of ether oxygens (including phenoxy) is 2. The Morgan fingerprint density at radius 3 is 3.08 bits per heavy atom. The molecule has 1 N–H and O–H groups in total. The number of aromatic nitrogens is 2. The Morgan fingerprint density at radius 2 is 2.33 bits per heavy atom. The van der Waals surface area contributed by atoms with Crippen molar-refractivity contribution in [2.45, 2.75) is 58.2 Å². The molecule has 0 aromatic carbocycles. The van der Waals surface area contributed by atoms with Gasteiger partial charge in [-0.1, -0.05) is 13.3 Å².